The fourth-order valence-electron chi connectivity index (χ4n) is 1.33. The summed E-state index contributed by atoms with van der Waals surface area (Å²) in [7, 11) is 4.23. The molecule has 4 heteroatoms. The monoisotopic (exact) mass is 172 g/mol. The molecule has 1 aliphatic rings. The fraction of sp³-hybridized carbons (Fsp3) is 1.00. The molecule has 0 amide bonds. The van der Waals surface area contributed by atoms with Crippen LogP contribution in [0, 0.1) is 0 Å². The van der Waals surface area contributed by atoms with Crippen molar-refractivity contribution >= 4 is 0 Å². The minimum atomic E-state index is 1.09. The van der Waals surface area contributed by atoms with E-state index in [2.05, 4.69) is 35.0 Å². The predicted octanol–water partition coefficient (Wildman–Crippen LogP) is -0.347. The Morgan fingerprint density at radius 1 is 1.42 bits per heavy atom. The van der Waals surface area contributed by atoms with Crippen LogP contribution < -0.4 is 11.0 Å². The summed E-state index contributed by atoms with van der Waals surface area (Å²) >= 11 is 0. The highest BCUT2D eigenvalue weighted by molar-refractivity contribution is 4.58. The summed E-state index contributed by atoms with van der Waals surface area (Å²) < 4.78 is 0. The Morgan fingerprint density at radius 3 is 2.83 bits per heavy atom. The van der Waals surface area contributed by atoms with Gasteiger partial charge in [-0.25, -0.2) is 10.4 Å². The zero-order valence-electron chi connectivity index (χ0n) is 8.14. The Hall–Kier alpha value is -0.160. The smallest absolute Gasteiger partial charge is 0.0156 e. The number of nitrogens with zero attached hydrogens (tertiary/aromatic N) is 2. The first kappa shape index (κ1) is 9.92. The van der Waals surface area contributed by atoms with Crippen LogP contribution in [0.3, 0.4) is 0 Å². The minimum absolute atomic E-state index is 1.09. The lowest BCUT2D eigenvalue weighted by molar-refractivity contribution is 0.112. The quantitative estimate of drug-likeness (QED) is 0.607. The van der Waals surface area contributed by atoms with Gasteiger partial charge in [0.2, 0.25) is 0 Å². The summed E-state index contributed by atoms with van der Waals surface area (Å²) in [6.07, 6.45) is 2.47. The first-order valence-electron chi connectivity index (χ1n) is 4.67. The number of rotatable bonds is 4. The summed E-state index contributed by atoms with van der Waals surface area (Å²) in [6.45, 7) is 4.55. The molecule has 1 fully saturated rings. The van der Waals surface area contributed by atoms with Gasteiger partial charge in [-0.2, -0.15) is 5.53 Å². The molecule has 0 atom stereocenters. The van der Waals surface area contributed by atoms with Gasteiger partial charge in [0.25, 0.3) is 0 Å². The number of hydrogen-bond acceptors (Lipinski definition) is 4. The van der Waals surface area contributed by atoms with E-state index in [9.17, 15) is 0 Å². The first-order valence-corrected chi connectivity index (χ1v) is 4.67. The normalized spacial score (nSPS) is 20.2. The minimum Gasteiger partial charge on any atom is -0.309 e. The SMILES string of the molecule is CN(C)CCCN1CCCNN1. The van der Waals surface area contributed by atoms with Gasteiger partial charge < -0.3 is 4.90 Å². The zero-order chi connectivity index (χ0) is 8.81. The van der Waals surface area contributed by atoms with Crippen LogP contribution in [0.25, 0.3) is 0 Å². The van der Waals surface area contributed by atoms with Crippen LogP contribution in [0.2, 0.25) is 0 Å². The second-order valence-electron chi connectivity index (χ2n) is 3.54. The van der Waals surface area contributed by atoms with Gasteiger partial charge >= 0.3 is 0 Å². The Bertz CT molecular complexity index is 110. The maximum Gasteiger partial charge on any atom is 0.0156 e. The van der Waals surface area contributed by atoms with E-state index in [1.165, 1.54) is 19.4 Å². The predicted molar refractivity (Wildman–Crippen MR) is 50.5 cm³/mol. The standard InChI is InChI=1S/C8H20N4/c1-11(2)6-4-8-12-7-3-5-9-10-12/h9-10H,3-8H2,1-2H3. The average Bonchev–Trinajstić information content (AvgIpc) is 2.05. The van der Waals surface area contributed by atoms with Crippen LogP contribution in [-0.4, -0.2) is 50.2 Å². The van der Waals surface area contributed by atoms with E-state index >= 15 is 0 Å². The lowest BCUT2D eigenvalue weighted by Crippen LogP contribution is -2.53. The van der Waals surface area contributed by atoms with Gasteiger partial charge in [-0.1, -0.05) is 0 Å². The molecule has 0 aromatic heterocycles. The lowest BCUT2D eigenvalue weighted by atomic mass is 10.3. The summed E-state index contributed by atoms with van der Waals surface area (Å²) in [5, 5.41) is 2.24. The Labute approximate surface area is 74.8 Å². The van der Waals surface area contributed by atoms with Gasteiger partial charge in [0.1, 0.15) is 0 Å². The van der Waals surface area contributed by atoms with Crippen LogP contribution in [0.5, 0.6) is 0 Å². The summed E-state index contributed by atoms with van der Waals surface area (Å²) in [5.74, 6) is 0. The van der Waals surface area contributed by atoms with Gasteiger partial charge in [-0.05, 0) is 33.5 Å². The van der Waals surface area contributed by atoms with Crippen molar-refractivity contribution in [2.24, 2.45) is 0 Å². The van der Waals surface area contributed by atoms with Crippen LogP contribution >= 0.6 is 0 Å². The molecule has 0 spiro atoms. The maximum atomic E-state index is 3.16. The molecule has 72 valence electrons. The van der Waals surface area contributed by atoms with Gasteiger partial charge in [0.05, 0.1) is 0 Å². The fourth-order valence-corrected chi connectivity index (χ4v) is 1.33. The van der Waals surface area contributed by atoms with Crippen molar-refractivity contribution in [1.29, 1.82) is 0 Å². The molecule has 0 saturated carbocycles. The second-order valence-corrected chi connectivity index (χ2v) is 3.54. The maximum absolute atomic E-state index is 3.16. The van der Waals surface area contributed by atoms with E-state index in [1.807, 2.05) is 0 Å². The van der Waals surface area contributed by atoms with Crippen LogP contribution in [0.1, 0.15) is 12.8 Å². The van der Waals surface area contributed by atoms with E-state index < -0.39 is 0 Å². The number of hydrogen-bond donors (Lipinski definition) is 2. The second kappa shape index (κ2) is 5.48. The van der Waals surface area contributed by atoms with Crippen molar-refractivity contribution < 1.29 is 0 Å². The molecule has 0 aromatic rings. The zero-order valence-corrected chi connectivity index (χ0v) is 8.14. The highest BCUT2D eigenvalue weighted by Gasteiger charge is 2.07. The van der Waals surface area contributed by atoms with Gasteiger partial charge in [0.15, 0.2) is 0 Å². The molecule has 0 radical (unpaired) electrons. The van der Waals surface area contributed by atoms with E-state index in [-0.39, 0.29) is 0 Å². The highest BCUT2D eigenvalue weighted by atomic mass is 15.7. The van der Waals surface area contributed by atoms with Crippen LogP contribution in [-0.2, 0) is 0 Å². The van der Waals surface area contributed by atoms with E-state index in [0.29, 0.717) is 0 Å². The van der Waals surface area contributed by atoms with Gasteiger partial charge in [0, 0.05) is 19.6 Å². The van der Waals surface area contributed by atoms with Crippen molar-refractivity contribution in [3.63, 3.8) is 0 Å². The molecule has 1 saturated heterocycles. The summed E-state index contributed by atoms with van der Waals surface area (Å²) in [6, 6.07) is 0. The largest absolute Gasteiger partial charge is 0.309 e. The lowest BCUT2D eigenvalue weighted by Gasteiger charge is -2.28. The van der Waals surface area contributed by atoms with Crippen molar-refractivity contribution in [2.75, 3.05) is 40.3 Å². The van der Waals surface area contributed by atoms with E-state index in [4.69, 9.17) is 0 Å². The molecule has 0 aromatic carbocycles. The van der Waals surface area contributed by atoms with Crippen LogP contribution in [0.4, 0.5) is 0 Å². The molecule has 4 nitrogen and oxygen atoms in total. The number of nitrogens with one attached hydrogen (secondary N) is 2. The van der Waals surface area contributed by atoms with Gasteiger partial charge in [-0.3, -0.25) is 0 Å². The Kier molecular flexibility index (Phi) is 4.53. The number of hydrazine groups is 2. The molecule has 0 bridgehead atoms. The van der Waals surface area contributed by atoms with Crippen LogP contribution in [0.15, 0.2) is 0 Å². The highest BCUT2D eigenvalue weighted by Crippen LogP contribution is 1.93. The third kappa shape index (κ3) is 4.01. The summed E-state index contributed by atoms with van der Waals surface area (Å²) in [4.78, 5) is 2.22. The van der Waals surface area contributed by atoms with E-state index in [1.54, 1.807) is 0 Å². The molecule has 1 rings (SSSR count). The molecule has 2 N–H and O–H groups in total. The third-order valence-corrected chi connectivity index (χ3v) is 2.00. The molecule has 1 aliphatic heterocycles. The molecule has 0 unspecified atom stereocenters. The van der Waals surface area contributed by atoms with Crippen molar-refractivity contribution in [2.45, 2.75) is 12.8 Å². The summed E-state index contributed by atoms with van der Waals surface area (Å²) in [5.41, 5.74) is 6.29. The molecular weight excluding hydrogens is 152 g/mol. The molecule has 12 heavy (non-hydrogen) atoms. The average molecular weight is 172 g/mol. The Morgan fingerprint density at radius 2 is 2.25 bits per heavy atom. The first-order chi connectivity index (χ1) is 5.79. The molecule has 0 aliphatic carbocycles. The molecular formula is C8H20N4. The van der Waals surface area contributed by atoms with E-state index in [0.717, 1.165) is 19.6 Å². The molecule has 1 heterocycles. The van der Waals surface area contributed by atoms with Crippen molar-refractivity contribution in [3.05, 3.63) is 0 Å². The van der Waals surface area contributed by atoms with Crippen molar-refractivity contribution in [1.82, 2.24) is 20.9 Å². The topological polar surface area (TPSA) is 30.5 Å². The Balaban J connectivity index is 1.98. The third-order valence-electron chi connectivity index (χ3n) is 2.00. The van der Waals surface area contributed by atoms with Crippen molar-refractivity contribution in [3.8, 4) is 0 Å². The van der Waals surface area contributed by atoms with Gasteiger partial charge in [-0.15, -0.1) is 0 Å².